The molecular formula is C17H19NO2. The molecule has 0 aliphatic carbocycles. The summed E-state index contributed by atoms with van der Waals surface area (Å²) in [5.41, 5.74) is 8.43. The molecule has 0 aromatic heterocycles. The molecule has 1 fully saturated rings. The van der Waals surface area contributed by atoms with Crippen molar-refractivity contribution in [1.82, 2.24) is 0 Å². The third-order valence-electron chi connectivity index (χ3n) is 3.60. The van der Waals surface area contributed by atoms with Gasteiger partial charge in [0.25, 0.3) is 0 Å². The Labute approximate surface area is 119 Å². The van der Waals surface area contributed by atoms with E-state index in [1.807, 2.05) is 30.3 Å². The predicted molar refractivity (Wildman–Crippen MR) is 79.7 cm³/mol. The molecule has 3 rings (SSSR count). The van der Waals surface area contributed by atoms with Gasteiger partial charge in [-0.3, -0.25) is 0 Å². The first-order valence-electron chi connectivity index (χ1n) is 6.98. The summed E-state index contributed by atoms with van der Waals surface area (Å²) in [5, 5.41) is 0. The van der Waals surface area contributed by atoms with E-state index in [9.17, 15) is 0 Å². The van der Waals surface area contributed by atoms with Crippen LogP contribution >= 0.6 is 0 Å². The van der Waals surface area contributed by atoms with Gasteiger partial charge in [-0.05, 0) is 29.7 Å². The van der Waals surface area contributed by atoms with Crippen LogP contribution in [0.5, 0.6) is 5.75 Å². The molecule has 2 N–H and O–H groups in total. The topological polar surface area (TPSA) is 44.5 Å². The molecule has 2 aromatic rings. The highest BCUT2D eigenvalue weighted by Crippen LogP contribution is 2.23. The first kappa shape index (κ1) is 13.2. The zero-order valence-electron chi connectivity index (χ0n) is 11.4. The van der Waals surface area contributed by atoms with E-state index in [4.69, 9.17) is 15.2 Å². The van der Waals surface area contributed by atoms with Crippen molar-refractivity contribution in [2.45, 2.75) is 18.6 Å². The number of hydrogen-bond donors (Lipinski definition) is 1. The molecule has 3 heteroatoms. The second-order valence-corrected chi connectivity index (χ2v) is 5.07. The summed E-state index contributed by atoms with van der Waals surface area (Å²) in [6, 6.07) is 18.5. The van der Waals surface area contributed by atoms with Crippen LogP contribution in [0.3, 0.4) is 0 Å². The molecule has 2 unspecified atom stereocenters. The minimum Gasteiger partial charge on any atom is -0.486 e. The van der Waals surface area contributed by atoms with E-state index in [1.54, 1.807) is 0 Å². The Kier molecular flexibility index (Phi) is 4.00. The summed E-state index contributed by atoms with van der Waals surface area (Å²) in [4.78, 5) is 0. The highest BCUT2D eigenvalue weighted by Gasteiger charge is 2.23. The zero-order chi connectivity index (χ0) is 13.8. The van der Waals surface area contributed by atoms with Gasteiger partial charge in [0.05, 0.1) is 6.61 Å². The molecule has 1 heterocycles. The number of benzene rings is 2. The highest BCUT2D eigenvalue weighted by atomic mass is 16.5. The SMILES string of the molecule is NC1CCOCC1Oc1ccc(-c2ccccc2)cc1. The molecular weight excluding hydrogens is 250 g/mol. The Morgan fingerprint density at radius 2 is 1.65 bits per heavy atom. The Morgan fingerprint density at radius 3 is 2.35 bits per heavy atom. The lowest BCUT2D eigenvalue weighted by Crippen LogP contribution is -2.46. The van der Waals surface area contributed by atoms with Gasteiger partial charge in [-0.1, -0.05) is 42.5 Å². The van der Waals surface area contributed by atoms with Gasteiger partial charge in [0.2, 0.25) is 0 Å². The Hall–Kier alpha value is -1.84. The molecule has 1 aliphatic rings. The van der Waals surface area contributed by atoms with E-state index in [0.717, 1.165) is 18.8 Å². The maximum absolute atomic E-state index is 6.04. The van der Waals surface area contributed by atoms with Gasteiger partial charge in [-0.15, -0.1) is 0 Å². The lowest BCUT2D eigenvalue weighted by Gasteiger charge is -2.29. The van der Waals surface area contributed by atoms with Crippen LogP contribution in [0.25, 0.3) is 11.1 Å². The highest BCUT2D eigenvalue weighted by molar-refractivity contribution is 5.63. The van der Waals surface area contributed by atoms with Crippen LogP contribution in [0.2, 0.25) is 0 Å². The first-order valence-corrected chi connectivity index (χ1v) is 6.98. The molecule has 2 atom stereocenters. The molecule has 2 aromatic carbocycles. The van der Waals surface area contributed by atoms with E-state index in [0.29, 0.717) is 6.61 Å². The van der Waals surface area contributed by atoms with E-state index < -0.39 is 0 Å². The number of hydrogen-bond acceptors (Lipinski definition) is 3. The molecule has 104 valence electrons. The van der Waals surface area contributed by atoms with Crippen molar-refractivity contribution < 1.29 is 9.47 Å². The van der Waals surface area contributed by atoms with Crippen LogP contribution in [-0.4, -0.2) is 25.4 Å². The van der Waals surface area contributed by atoms with Crippen molar-refractivity contribution in [2.24, 2.45) is 5.73 Å². The third kappa shape index (κ3) is 3.00. The zero-order valence-corrected chi connectivity index (χ0v) is 11.4. The summed E-state index contributed by atoms with van der Waals surface area (Å²) >= 11 is 0. The van der Waals surface area contributed by atoms with Crippen LogP contribution in [0, 0.1) is 0 Å². The Morgan fingerprint density at radius 1 is 0.950 bits per heavy atom. The summed E-state index contributed by atoms with van der Waals surface area (Å²) in [6.07, 6.45) is 0.804. The van der Waals surface area contributed by atoms with Crippen molar-refractivity contribution in [2.75, 3.05) is 13.2 Å². The van der Waals surface area contributed by atoms with Crippen molar-refractivity contribution in [1.29, 1.82) is 0 Å². The van der Waals surface area contributed by atoms with Gasteiger partial charge >= 0.3 is 0 Å². The maximum atomic E-state index is 6.04. The predicted octanol–water partition coefficient (Wildman–Crippen LogP) is 2.85. The summed E-state index contributed by atoms with van der Waals surface area (Å²) in [7, 11) is 0. The minimum atomic E-state index is -0.0497. The lowest BCUT2D eigenvalue weighted by molar-refractivity contribution is -0.00530. The van der Waals surface area contributed by atoms with Gasteiger partial charge in [0.15, 0.2) is 0 Å². The van der Waals surface area contributed by atoms with Gasteiger partial charge in [0, 0.05) is 12.6 Å². The second-order valence-electron chi connectivity index (χ2n) is 5.07. The quantitative estimate of drug-likeness (QED) is 0.932. The van der Waals surface area contributed by atoms with Crippen LogP contribution in [0.15, 0.2) is 54.6 Å². The summed E-state index contributed by atoms with van der Waals surface area (Å²) < 4.78 is 11.3. The molecule has 3 nitrogen and oxygen atoms in total. The van der Waals surface area contributed by atoms with E-state index in [2.05, 4.69) is 24.3 Å². The number of ether oxygens (including phenoxy) is 2. The van der Waals surface area contributed by atoms with Crippen molar-refractivity contribution >= 4 is 0 Å². The van der Waals surface area contributed by atoms with Crippen molar-refractivity contribution in [3.63, 3.8) is 0 Å². The monoisotopic (exact) mass is 269 g/mol. The molecule has 0 amide bonds. The fourth-order valence-electron chi connectivity index (χ4n) is 2.38. The van der Waals surface area contributed by atoms with Crippen LogP contribution in [-0.2, 0) is 4.74 Å². The lowest BCUT2D eigenvalue weighted by atomic mass is 10.1. The van der Waals surface area contributed by atoms with Gasteiger partial charge in [0.1, 0.15) is 11.9 Å². The number of rotatable bonds is 3. The van der Waals surface area contributed by atoms with Crippen molar-refractivity contribution in [3.05, 3.63) is 54.6 Å². The molecule has 0 spiro atoms. The summed E-state index contributed by atoms with van der Waals surface area (Å²) in [5.74, 6) is 0.843. The molecule has 1 aliphatic heterocycles. The Balaban J connectivity index is 1.70. The van der Waals surface area contributed by atoms with E-state index in [-0.39, 0.29) is 12.1 Å². The van der Waals surface area contributed by atoms with E-state index >= 15 is 0 Å². The van der Waals surface area contributed by atoms with Gasteiger partial charge in [-0.25, -0.2) is 0 Å². The van der Waals surface area contributed by atoms with Crippen molar-refractivity contribution in [3.8, 4) is 16.9 Å². The first-order chi connectivity index (χ1) is 9.83. The van der Waals surface area contributed by atoms with Gasteiger partial charge < -0.3 is 15.2 Å². The normalized spacial score (nSPS) is 22.4. The smallest absolute Gasteiger partial charge is 0.137 e. The fraction of sp³-hybridized carbons (Fsp3) is 0.294. The second kappa shape index (κ2) is 6.07. The van der Waals surface area contributed by atoms with Crippen LogP contribution in [0.4, 0.5) is 0 Å². The molecule has 0 saturated carbocycles. The largest absolute Gasteiger partial charge is 0.486 e. The average molecular weight is 269 g/mol. The Bertz CT molecular complexity index is 539. The molecule has 1 saturated heterocycles. The summed E-state index contributed by atoms with van der Waals surface area (Å²) in [6.45, 7) is 1.30. The molecule has 0 radical (unpaired) electrons. The van der Waals surface area contributed by atoms with Crippen LogP contribution < -0.4 is 10.5 Å². The average Bonchev–Trinajstić information content (AvgIpc) is 2.51. The standard InChI is InChI=1S/C17H19NO2/c18-16-10-11-19-12-17(16)20-15-8-6-14(7-9-15)13-4-2-1-3-5-13/h1-9,16-17H,10-12,18H2. The van der Waals surface area contributed by atoms with Crippen LogP contribution in [0.1, 0.15) is 6.42 Å². The molecule has 0 bridgehead atoms. The van der Waals surface area contributed by atoms with E-state index in [1.165, 1.54) is 11.1 Å². The number of nitrogens with two attached hydrogens (primary N) is 1. The third-order valence-corrected chi connectivity index (χ3v) is 3.60. The maximum Gasteiger partial charge on any atom is 0.137 e. The van der Waals surface area contributed by atoms with Gasteiger partial charge in [-0.2, -0.15) is 0 Å². The molecule has 20 heavy (non-hydrogen) atoms. The fourth-order valence-corrected chi connectivity index (χ4v) is 2.38. The minimum absolute atomic E-state index is 0.0497.